The van der Waals surface area contributed by atoms with Crippen LogP contribution in [-0.2, 0) is 4.79 Å². The highest BCUT2D eigenvalue weighted by molar-refractivity contribution is 7.08. The molecule has 12 heavy (non-hydrogen) atoms. The van der Waals surface area contributed by atoms with Crippen LogP contribution in [0.1, 0.15) is 5.56 Å². The van der Waals surface area contributed by atoms with Crippen LogP contribution in [0.5, 0.6) is 0 Å². The lowest BCUT2D eigenvalue weighted by molar-refractivity contribution is -0.130. The zero-order valence-electron chi connectivity index (χ0n) is 5.75. The quantitative estimate of drug-likeness (QED) is 0.782. The first kappa shape index (κ1) is 9.58. The van der Waals surface area contributed by atoms with Crippen molar-refractivity contribution >= 4 is 46.1 Å². The standard InChI is InChI=1S/C7H4Cl2O2S/c8-6(9)5(7(10)11)4-1-2-12-3-4/h1-3H,(H,10,11). The van der Waals surface area contributed by atoms with Crippen LogP contribution in [0.15, 0.2) is 21.3 Å². The van der Waals surface area contributed by atoms with E-state index in [2.05, 4.69) is 0 Å². The fraction of sp³-hybridized carbons (Fsp3) is 0. The Labute approximate surface area is 83.0 Å². The number of carbonyl (C=O) groups is 1. The Morgan fingerprint density at radius 1 is 1.50 bits per heavy atom. The molecule has 1 aromatic heterocycles. The summed E-state index contributed by atoms with van der Waals surface area (Å²) in [4.78, 5) is 10.6. The Hall–Kier alpha value is -0.510. The Balaban J connectivity index is 3.15. The number of aliphatic carboxylic acids is 1. The molecule has 0 atom stereocenters. The van der Waals surface area contributed by atoms with Gasteiger partial charge in [-0.1, -0.05) is 23.2 Å². The molecule has 1 heterocycles. The summed E-state index contributed by atoms with van der Waals surface area (Å²) in [7, 11) is 0. The molecular formula is C7H4Cl2O2S. The van der Waals surface area contributed by atoms with Crippen molar-refractivity contribution in [2.24, 2.45) is 0 Å². The molecular weight excluding hydrogens is 219 g/mol. The molecule has 2 nitrogen and oxygen atoms in total. The van der Waals surface area contributed by atoms with Crippen LogP contribution in [0.3, 0.4) is 0 Å². The van der Waals surface area contributed by atoms with Crippen molar-refractivity contribution in [3.05, 3.63) is 26.9 Å². The molecule has 0 saturated heterocycles. The number of carboxylic acid groups (broad SMARTS) is 1. The monoisotopic (exact) mass is 222 g/mol. The summed E-state index contributed by atoms with van der Waals surface area (Å²) in [6.07, 6.45) is 0. The van der Waals surface area contributed by atoms with E-state index in [1.165, 1.54) is 11.3 Å². The highest BCUT2D eigenvalue weighted by Gasteiger charge is 2.14. The summed E-state index contributed by atoms with van der Waals surface area (Å²) in [5.41, 5.74) is 0.479. The number of hydrogen-bond donors (Lipinski definition) is 1. The minimum Gasteiger partial charge on any atom is -0.478 e. The molecule has 0 aromatic carbocycles. The smallest absolute Gasteiger partial charge is 0.338 e. The van der Waals surface area contributed by atoms with Crippen molar-refractivity contribution in [2.75, 3.05) is 0 Å². The van der Waals surface area contributed by atoms with Crippen molar-refractivity contribution in [1.29, 1.82) is 0 Å². The van der Waals surface area contributed by atoms with Gasteiger partial charge in [-0.25, -0.2) is 4.79 Å². The first-order valence-corrected chi connectivity index (χ1v) is 4.64. The van der Waals surface area contributed by atoms with Crippen molar-refractivity contribution in [3.63, 3.8) is 0 Å². The van der Waals surface area contributed by atoms with E-state index in [0.717, 1.165) is 0 Å². The van der Waals surface area contributed by atoms with Gasteiger partial charge in [0.1, 0.15) is 4.49 Å². The average molecular weight is 223 g/mol. The van der Waals surface area contributed by atoms with Crippen LogP contribution >= 0.6 is 34.5 Å². The second kappa shape index (κ2) is 3.94. The molecule has 0 aliphatic rings. The van der Waals surface area contributed by atoms with Crippen LogP contribution in [-0.4, -0.2) is 11.1 Å². The third-order valence-corrected chi connectivity index (χ3v) is 2.27. The number of halogens is 2. The summed E-state index contributed by atoms with van der Waals surface area (Å²) < 4.78 is -0.221. The van der Waals surface area contributed by atoms with Crippen molar-refractivity contribution in [2.45, 2.75) is 0 Å². The Morgan fingerprint density at radius 2 is 2.17 bits per heavy atom. The lowest BCUT2D eigenvalue weighted by Gasteiger charge is -1.97. The van der Waals surface area contributed by atoms with Gasteiger partial charge in [-0.05, 0) is 16.8 Å². The zero-order chi connectivity index (χ0) is 9.14. The second-order valence-corrected chi connectivity index (χ2v) is 3.68. The third kappa shape index (κ3) is 2.00. The van der Waals surface area contributed by atoms with E-state index in [1.807, 2.05) is 0 Å². The predicted molar refractivity (Wildman–Crippen MR) is 50.6 cm³/mol. The number of carboxylic acids is 1. The molecule has 0 aliphatic heterocycles. The van der Waals surface area contributed by atoms with E-state index in [1.54, 1.807) is 16.8 Å². The predicted octanol–water partition coefficient (Wildman–Crippen LogP) is 2.98. The van der Waals surface area contributed by atoms with Crippen LogP contribution < -0.4 is 0 Å². The molecule has 5 heteroatoms. The summed E-state index contributed by atoms with van der Waals surface area (Å²) >= 11 is 12.2. The summed E-state index contributed by atoms with van der Waals surface area (Å²) in [5, 5.41) is 12.1. The zero-order valence-corrected chi connectivity index (χ0v) is 8.08. The first-order valence-electron chi connectivity index (χ1n) is 2.94. The van der Waals surface area contributed by atoms with E-state index >= 15 is 0 Å². The normalized spacial score (nSPS) is 9.50. The molecule has 0 amide bonds. The molecule has 0 bridgehead atoms. The van der Waals surface area contributed by atoms with E-state index in [9.17, 15) is 4.79 Å². The molecule has 0 saturated carbocycles. The summed E-state index contributed by atoms with van der Waals surface area (Å²) in [5.74, 6) is -1.12. The van der Waals surface area contributed by atoms with Crippen LogP contribution in [0.4, 0.5) is 0 Å². The molecule has 0 unspecified atom stereocenters. The van der Waals surface area contributed by atoms with Gasteiger partial charge in [0.25, 0.3) is 0 Å². The summed E-state index contributed by atoms with van der Waals surface area (Å²) in [6.45, 7) is 0. The minimum atomic E-state index is -1.12. The van der Waals surface area contributed by atoms with Gasteiger partial charge in [0.15, 0.2) is 0 Å². The molecule has 1 aromatic rings. The maximum Gasteiger partial charge on any atom is 0.338 e. The maximum absolute atomic E-state index is 10.6. The number of thiophene rings is 1. The lowest BCUT2D eigenvalue weighted by Crippen LogP contribution is -1.98. The van der Waals surface area contributed by atoms with Crippen LogP contribution in [0, 0.1) is 0 Å². The minimum absolute atomic E-state index is 0.0559. The van der Waals surface area contributed by atoms with Gasteiger partial charge >= 0.3 is 5.97 Å². The Kier molecular flexibility index (Phi) is 3.14. The largest absolute Gasteiger partial charge is 0.478 e. The van der Waals surface area contributed by atoms with E-state index in [0.29, 0.717) is 5.56 Å². The Morgan fingerprint density at radius 3 is 2.50 bits per heavy atom. The number of hydrogen-bond acceptors (Lipinski definition) is 2. The third-order valence-electron chi connectivity index (χ3n) is 1.21. The van der Waals surface area contributed by atoms with E-state index in [4.69, 9.17) is 28.3 Å². The van der Waals surface area contributed by atoms with Gasteiger partial charge in [-0.2, -0.15) is 11.3 Å². The molecule has 0 spiro atoms. The highest BCUT2D eigenvalue weighted by atomic mass is 35.5. The lowest BCUT2D eigenvalue weighted by atomic mass is 10.2. The molecule has 64 valence electrons. The van der Waals surface area contributed by atoms with Gasteiger partial charge in [-0.15, -0.1) is 0 Å². The fourth-order valence-corrected chi connectivity index (χ4v) is 1.75. The summed E-state index contributed by atoms with van der Waals surface area (Å²) in [6, 6.07) is 1.65. The molecule has 0 radical (unpaired) electrons. The van der Waals surface area contributed by atoms with Crippen molar-refractivity contribution < 1.29 is 9.90 Å². The van der Waals surface area contributed by atoms with Crippen LogP contribution in [0.25, 0.3) is 5.57 Å². The van der Waals surface area contributed by atoms with Gasteiger partial charge in [0, 0.05) is 5.56 Å². The van der Waals surface area contributed by atoms with E-state index < -0.39 is 5.97 Å². The first-order chi connectivity index (χ1) is 5.63. The van der Waals surface area contributed by atoms with E-state index in [-0.39, 0.29) is 10.1 Å². The van der Waals surface area contributed by atoms with Gasteiger partial charge < -0.3 is 5.11 Å². The Bertz CT molecular complexity index is 312. The van der Waals surface area contributed by atoms with Gasteiger partial charge in [0.05, 0.1) is 5.57 Å². The molecule has 0 aliphatic carbocycles. The van der Waals surface area contributed by atoms with Gasteiger partial charge in [-0.3, -0.25) is 0 Å². The van der Waals surface area contributed by atoms with Crippen molar-refractivity contribution in [3.8, 4) is 0 Å². The van der Waals surface area contributed by atoms with Crippen molar-refractivity contribution in [1.82, 2.24) is 0 Å². The topological polar surface area (TPSA) is 37.3 Å². The van der Waals surface area contributed by atoms with Crippen LogP contribution in [0.2, 0.25) is 0 Å². The second-order valence-electron chi connectivity index (χ2n) is 1.95. The fourth-order valence-electron chi connectivity index (χ4n) is 0.720. The van der Waals surface area contributed by atoms with Gasteiger partial charge in [0.2, 0.25) is 0 Å². The molecule has 0 fully saturated rings. The maximum atomic E-state index is 10.6. The molecule has 1 N–H and O–H groups in total. The highest BCUT2D eigenvalue weighted by Crippen LogP contribution is 2.25. The molecule has 1 rings (SSSR count). The average Bonchev–Trinajstić information content (AvgIpc) is 2.37. The SMILES string of the molecule is O=C(O)C(=C(Cl)Cl)c1ccsc1. The number of rotatable bonds is 2.